The third kappa shape index (κ3) is 4.74. The number of allylic oxidation sites excluding steroid dienone is 1. The number of rotatable bonds is 3. The summed E-state index contributed by atoms with van der Waals surface area (Å²) in [6, 6.07) is 0. The molecule has 0 heterocycles. The number of nitrogens with zero attached hydrogens (tertiary/aromatic N) is 2. The molecule has 0 aliphatic heterocycles. The van der Waals surface area contributed by atoms with E-state index < -0.39 is 0 Å². The van der Waals surface area contributed by atoms with Crippen LogP contribution < -0.4 is 5.32 Å². The number of amides is 1. The zero-order valence-electron chi connectivity index (χ0n) is 9.59. The van der Waals surface area contributed by atoms with Crippen molar-refractivity contribution in [3.63, 3.8) is 0 Å². The molecule has 1 amide bonds. The quantitative estimate of drug-likeness (QED) is 0.692. The highest BCUT2D eigenvalue weighted by molar-refractivity contribution is 5.81. The van der Waals surface area contributed by atoms with Gasteiger partial charge in [-0.2, -0.15) is 10.2 Å². The number of carbonyl (C=O) groups excluding carboxylic acids is 1. The van der Waals surface area contributed by atoms with Gasteiger partial charge >= 0.3 is 0 Å². The summed E-state index contributed by atoms with van der Waals surface area (Å²) in [5.74, 6) is 0.0168. The zero-order chi connectivity index (χ0) is 11.2. The molecule has 1 N–H and O–H groups in total. The molecule has 0 bridgehead atoms. The fourth-order valence-corrected chi connectivity index (χ4v) is 0.760. The minimum atomic E-state index is -0.359. The standard InChI is InChI=1S/C10H19N3O/c1-6-8(13-11-5)7-12-9(14)10(2,3)4/h6H,7H2,1-5H3,(H,12,14)/b8-6-,13-11-. The summed E-state index contributed by atoms with van der Waals surface area (Å²) in [6.07, 6.45) is 1.83. The summed E-state index contributed by atoms with van der Waals surface area (Å²) < 4.78 is 0. The largest absolute Gasteiger partial charge is 0.350 e. The summed E-state index contributed by atoms with van der Waals surface area (Å²) >= 11 is 0. The van der Waals surface area contributed by atoms with Crippen LogP contribution in [-0.4, -0.2) is 19.5 Å². The number of carbonyl (C=O) groups is 1. The Bertz CT molecular complexity index is 249. The van der Waals surface area contributed by atoms with E-state index in [-0.39, 0.29) is 11.3 Å². The second-order valence-corrected chi connectivity index (χ2v) is 4.01. The molecule has 0 atom stereocenters. The minimum absolute atomic E-state index is 0.0168. The van der Waals surface area contributed by atoms with Crippen molar-refractivity contribution in [2.45, 2.75) is 27.7 Å². The van der Waals surface area contributed by atoms with Gasteiger partial charge in [-0.15, -0.1) is 0 Å². The average Bonchev–Trinajstić information content (AvgIpc) is 2.10. The molecule has 80 valence electrons. The summed E-state index contributed by atoms with van der Waals surface area (Å²) in [5, 5.41) is 10.3. The molecule has 0 fully saturated rings. The van der Waals surface area contributed by atoms with Gasteiger partial charge in [0.1, 0.15) is 0 Å². The van der Waals surface area contributed by atoms with Gasteiger partial charge in [0.05, 0.1) is 12.2 Å². The van der Waals surface area contributed by atoms with E-state index in [1.807, 2.05) is 33.8 Å². The highest BCUT2D eigenvalue weighted by Gasteiger charge is 2.20. The van der Waals surface area contributed by atoms with Gasteiger partial charge in [0.15, 0.2) is 0 Å². The van der Waals surface area contributed by atoms with Crippen LogP contribution in [0.25, 0.3) is 0 Å². The van der Waals surface area contributed by atoms with Crippen molar-refractivity contribution >= 4 is 5.91 Å². The maximum Gasteiger partial charge on any atom is 0.225 e. The number of hydrogen-bond acceptors (Lipinski definition) is 3. The van der Waals surface area contributed by atoms with Gasteiger partial charge in [0.25, 0.3) is 0 Å². The van der Waals surface area contributed by atoms with Crippen LogP contribution in [0.5, 0.6) is 0 Å². The molecule has 0 radical (unpaired) electrons. The predicted octanol–water partition coefficient (Wildman–Crippen LogP) is 2.13. The lowest BCUT2D eigenvalue weighted by molar-refractivity contribution is -0.128. The highest BCUT2D eigenvalue weighted by atomic mass is 16.2. The van der Waals surface area contributed by atoms with Crippen LogP contribution in [0.2, 0.25) is 0 Å². The molecule has 0 saturated heterocycles. The van der Waals surface area contributed by atoms with E-state index in [2.05, 4.69) is 15.5 Å². The highest BCUT2D eigenvalue weighted by Crippen LogP contribution is 2.12. The second kappa shape index (κ2) is 5.52. The van der Waals surface area contributed by atoms with Gasteiger partial charge in [-0.05, 0) is 6.92 Å². The lowest BCUT2D eigenvalue weighted by Gasteiger charge is -2.17. The molecule has 4 heteroatoms. The summed E-state index contributed by atoms with van der Waals surface area (Å²) in [4.78, 5) is 11.5. The van der Waals surface area contributed by atoms with Gasteiger partial charge < -0.3 is 5.32 Å². The Morgan fingerprint density at radius 1 is 1.43 bits per heavy atom. The van der Waals surface area contributed by atoms with E-state index >= 15 is 0 Å². The number of azo groups is 1. The Labute approximate surface area is 85.5 Å². The van der Waals surface area contributed by atoms with Crippen LogP contribution in [-0.2, 0) is 4.79 Å². The van der Waals surface area contributed by atoms with E-state index in [0.717, 1.165) is 5.70 Å². The van der Waals surface area contributed by atoms with Crippen molar-refractivity contribution in [3.05, 3.63) is 11.8 Å². The van der Waals surface area contributed by atoms with E-state index in [1.54, 1.807) is 7.05 Å². The van der Waals surface area contributed by atoms with Crippen LogP contribution in [0.15, 0.2) is 22.0 Å². The topological polar surface area (TPSA) is 53.8 Å². The first-order valence-corrected chi connectivity index (χ1v) is 4.65. The van der Waals surface area contributed by atoms with Crippen LogP contribution in [0.4, 0.5) is 0 Å². The normalized spacial score (nSPS) is 13.4. The maximum atomic E-state index is 11.5. The second-order valence-electron chi connectivity index (χ2n) is 4.01. The summed E-state index contributed by atoms with van der Waals surface area (Å²) in [7, 11) is 1.61. The Hall–Kier alpha value is -1.19. The first kappa shape index (κ1) is 12.8. The van der Waals surface area contributed by atoms with Gasteiger partial charge in [-0.25, -0.2) is 0 Å². The van der Waals surface area contributed by atoms with Crippen LogP contribution in [0.1, 0.15) is 27.7 Å². The third-order valence-corrected chi connectivity index (χ3v) is 1.67. The molecule has 0 aliphatic rings. The van der Waals surface area contributed by atoms with Gasteiger partial charge in [-0.1, -0.05) is 26.8 Å². The third-order valence-electron chi connectivity index (χ3n) is 1.67. The van der Waals surface area contributed by atoms with Crippen molar-refractivity contribution in [1.82, 2.24) is 5.32 Å². The molecule has 0 rings (SSSR count). The Balaban J connectivity index is 4.13. The lowest BCUT2D eigenvalue weighted by Crippen LogP contribution is -2.35. The van der Waals surface area contributed by atoms with Crippen molar-refractivity contribution in [2.24, 2.45) is 15.6 Å². The Morgan fingerprint density at radius 3 is 2.36 bits per heavy atom. The lowest BCUT2D eigenvalue weighted by atomic mass is 9.96. The predicted molar refractivity (Wildman–Crippen MR) is 57.0 cm³/mol. The van der Waals surface area contributed by atoms with Crippen LogP contribution in [0, 0.1) is 5.41 Å². The van der Waals surface area contributed by atoms with E-state index in [0.29, 0.717) is 6.54 Å². The molecule has 0 unspecified atom stereocenters. The number of nitrogens with one attached hydrogen (secondary N) is 1. The van der Waals surface area contributed by atoms with Crippen LogP contribution in [0.3, 0.4) is 0 Å². The van der Waals surface area contributed by atoms with Gasteiger partial charge in [-0.3, -0.25) is 4.79 Å². The van der Waals surface area contributed by atoms with Gasteiger partial charge in [0.2, 0.25) is 5.91 Å². The first-order valence-electron chi connectivity index (χ1n) is 4.65. The van der Waals surface area contributed by atoms with E-state index in [1.165, 1.54) is 0 Å². The van der Waals surface area contributed by atoms with Crippen molar-refractivity contribution in [2.75, 3.05) is 13.6 Å². The van der Waals surface area contributed by atoms with Crippen LogP contribution >= 0.6 is 0 Å². The summed E-state index contributed by atoms with van der Waals surface area (Å²) in [5.41, 5.74) is 0.410. The monoisotopic (exact) mass is 197 g/mol. The zero-order valence-corrected chi connectivity index (χ0v) is 9.59. The molecule has 14 heavy (non-hydrogen) atoms. The molecule has 0 aliphatic carbocycles. The molecular weight excluding hydrogens is 178 g/mol. The number of hydrogen-bond donors (Lipinski definition) is 1. The Morgan fingerprint density at radius 2 is 2.00 bits per heavy atom. The minimum Gasteiger partial charge on any atom is -0.350 e. The molecule has 0 aromatic carbocycles. The fourth-order valence-electron chi connectivity index (χ4n) is 0.760. The van der Waals surface area contributed by atoms with Gasteiger partial charge in [0, 0.05) is 12.5 Å². The molecular formula is C10H19N3O. The van der Waals surface area contributed by atoms with Crippen molar-refractivity contribution in [1.29, 1.82) is 0 Å². The smallest absolute Gasteiger partial charge is 0.225 e. The van der Waals surface area contributed by atoms with E-state index in [9.17, 15) is 4.79 Å². The van der Waals surface area contributed by atoms with E-state index in [4.69, 9.17) is 0 Å². The summed E-state index contributed by atoms with van der Waals surface area (Å²) in [6.45, 7) is 7.92. The van der Waals surface area contributed by atoms with Crippen molar-refractivity contribution in [3.8, 4) is 0 Å². The molecule has 0 saturated carbocycles. The SMILES string of the molecule is C/C=C(CNC(=O)C(C)(C)C)\N=N/C. The fraction of sp³-hybridized carbons (Fsp3) is 0.700. The van der Waals surface area contributed by atoms with Crippen molar-refractivity contribution < 1.29 is 4.79 Å². The molecule has 0 spiro atoms. The average molecular weight is 197 g/mol. The molecule has 0 aromatic heterocycles. The Kier molecular flexibility index (Phi) is 5.05. The molecule has 4 nitrogen and oxygen atoms in total. The first-order chi connectivity index (χ1) is 6.41. The molecule has 0 aromatic rings. The maximum absolute atomic E-state index is 11.5.